The lowest BCUT2D eigenvalue weighted by Crippen LogP contribution is -2.57. The number of fused-ring (bicyclic) bond motifs is 5. The van der Waals surface area contributed by atoms with Crippen LogP contribution in [0.5, 0.6) is 0 Å². The number of hydrogen-bond donors (Lipinski definition) is 2. The van der Waals surface area contributed by atoms with E-state index in [0.717, 1.165) is 38.5 Å². The molecule has 35 heavy (non-hydrogen) atoms. The molecule has 0 aromatic carbocycles. The van der Waals surface area contributed by atoms with Gasteiger partial charge in [-0.05, 0) is 111 Å². The molecule has 8 nitrogen and oxygen atoms in total. The van der Waals surface area contributed by atoms with Gasteiger partial charge in [0.25, 0.3) is 0 Å². The molecule has 0 aromatic heterocycles. The minimum Gasteiger partial charge on any atom is -0.264 e. The fraction of sp³-hybridized carbons (Fsp3) is 1.00. The van der Waals surface area contributed by atoms with Crippen LogP contribution in [0.1, 0.15) is 85.0 Å². The van der Waals surface area contributed by atoms with Crippen LogP contribution in [-0.4, -0.2) is 44.0 Å². The smallest absolute Gasteiger partial charge is 0.264 e. The van der Waals surface area contributed by atoms with Crippen LogP contribution in [0.4, 0.5) is 0 Å². The van der Waals surface area contributed by atoms with Crippen LogP contribution in [0.25, 0.3) is 0 Å². The third-order valence-electron chi connectivity index (χ3n) is 10.7. The summed E-state index contributed by atoms with van der Waals surface area (Å²) in [6, 6.07) is 0. The van der Waals surface area contributed by atoms with E-state index in [4.69, 9.17) is 20.0 Å². The Labute approximate surface area is 215 Å². The number of alkyl halides is 1. The Hall–Kier alpha value is 0.0300. The van der Waals surface area contributed by atoms with E-state index in [1.54, 1.807) is 0 Å². The van der Waals surface area contributed by atoms with Gasteiger partial charge >= 0.3 is 20.8 Å². The van der Waals surface area contributed by atoms with Gasteiger partial charge in [0.05, 0.1) is 0 Å². The zero-order chi connectivity index (χ0) is 25.8. The second kappa shape index (κ2) is 9.97. The molecular formula is C24H41ClO8S2. The molecule has 10 atom stereocenters. The minimum absolute atomic E-state index is 0.126. The van der Waals surface area contributed by atoms with Crippen molar-refractivity contribution < 1.29 is 34.3 Å². The molecule has 4 aliphatic carbocycles. The van der Waals surface area contributed by atoms with Crippen molar-refractivity contribution in [2.45, 2.75) is 97.2 Å². The van der Waals surface area contributed by atoms with Crippen LogP contribution in [0.2, 0.25) is 0 Å². The molecule has 0 bridgehead atoms. The second-order valence-electron chi connectivity index (χ2n) is 12.3. The Morgan fingerprint density at radius 3 is 2.17 bits per heavy atom. The SMILES string of the molecule is CC(CCCCl)C1CCC2C3CCC4CC(OS(=O)(=O)O)C(OS(=O)(=O)O)CC4(C)C3CCC12C. The maximum atomic E-state index is 11.6. The molecule has 0 saturated heterocycles. The lowest BCUT2D eigenvalue weighted by molar-refractivity contribution is -0.152. The van der Waals surface area contributed by atoms with Gasteiger partial charge in [-0.25, -0.2) is 8.37 Å². The van der Waals surface area contributed by atoms with Crippen LogP contribution in [0.3, 0.4) is 0 Å². The van der Waals surface area contributed by atoms with Crippen molar-refractivity contribution >= 4 is 32.4 Å². The fourth-order valence-corrected chi connectivity index (χ4v) is 10.5. The summed E-state index contributed by atoms with van der Waals surface area (Å²) in [5.41, 5.74) is 0.0344. The first-order valence-electron chi connectivity index (χ1n) is 13.1. The highest BCUT2D eigenvalue weighted by atomic mass is 35.5. The van der Waals surface area contributed by atoms with Gasteiger partial charge in [0.2, 0.25) is 0 Å². The zero-order valence-electron chi connectivity index (χ0n) is 20.9. The van der Waals surface area contributed by atoms with Gasteiger partial charge in [0, 0.05) is 5.88 Å². The topological polar surface area (TPSA) is 127 Å². The average Bonchev–Trinajstić information content (AvgIpc) is 3.08. The standard InChI is InChI=1S/C24H41ClO8S2/c1-15(5-4-12-25)18-8-9-19-17-7-6-16-13-21(32-34(26,27)28)22(33-35(29,30)31)14-24(16,3)20(17)10-11-23(18,19)2/h15-22H,4-14H2,1-3H3,(H,26,27,28)(H,29,30,31). The van der Waals surface area contributed by atoms with E-state index >= 15 is 0 Å². The Morgan fingerprint density at radius 2 is 1.54 bits per heavy atom. The first-order valence-corrected chi connectivity index (χ1v) is 16.3. The minimum atomic E-state index is -4.82. The highest BCUT2D eigenvalue weighted by Gasteiger charge is 2.62. The van der Waals surface area contributed by atoms with E-state index in [0.29, 0.717) is 40.9 Å². The van der Waals surface area contributed by atoms with Gasteiger partial charge in [0.1, 0.15) is 12.2 Å². The van der Waals surface area contributed by atoms with Crippen LogP contribution >= 0.6 is 11.6 Å². The summed E-state index contributed by atoms with van der Waals surface area (Å²) >= 11 is 5.97. The van der Waals surface area contributed by atoms with E-state index in [9.17, 15) is 25.9 Å². The van der Waals surface area contributed by atoms with E-state index in [1.807, 2.05) is 0 Å². The number of rotatable bonds is 8. The summed E-state index contributed by atoms with van der Waals surface area (Å²) in [7, 11) is -9.62. The molecule has 10 unspecified atom stereocenters. The number of hydrogen-bond acceptors (Lipinski definition) is 6. The third kappa shape index (κ3) is 5.59. The van der Waals surface area contributed by atoms with Crippen LogP contribution in [0, 0.1) is 46.3 Å². The molecule has 2 N–H and O–H groups in total. The molecule has 4 saturated carbocycles. The summed E-state index contributed by atoms with van der Waals surface area (Å²) in [5.74, 6) is 3.69. The van der Waals surface area contributed by atoms with Gasteiger partial charge in [-0.1, -0.05) is 20.8 Å². The Morgan fingerprint density at radius 1 is 0.914 bits per heavy atom. The summed E-state index contributed by atoms with van der Waals surface area (Å²) in [4.78, 5) is 0. The van der Waals surface area contributed by atoms with Crippen molar-refractivity contribution in [3.05, 3.63) is 0 Å². The van der Waals surface area contributed by atoms with Gasteiger partial charge in [-0.3, -0.25) is 9.11 Å². The monoisotopic (exact) mass is 556 g/mol. The van der Waals surface area contributed by atoms with Crippen molar-refractivity contribution in [1.82, 2.24) is 0 Å². The Kier molecular flexibility index (Phi) is 7.99. The Bertz CT molecular complexity index is 987. The first kappa shape index (κ1) is 28.0. The lowest BCUT2D eigenvalue weighted by Gasteiger charge is -2.62. The molecule has 0 spiro atoms. The zero-order valence-corrected chi connectivity index (χ0v) is 23.3. The van der Waals surface area contributed by atoms with Gasteiger partial charge in [0.15, 0.2) is 0 Å². The number of halogens is 1. The first-order chi connectivity index (χ1) is 16.2. The second-order valence-corrected chi connectivity index (χ2v) is 14.7. The predicted octanol–water partition coefficient (Wildman–Crippen LogP) is 5.29. The molecule has 11 heteroatoms. The maximum Gasteiger partial charge on any atom is 0.397 e. The highest BCUT2D eigenvalue weighted by molar-refractivity contribution is 7.81. The average molecular weight is 557 g/mol. The molecule has 0 aliphatic heterocycles. The molecular weight excluding hydrogens is 516 g/mol. The Balaban J connectivity index is 1.57. The van der Waals surface area contributed by atoms with Crippen LogP contribution in [-0.2, 0) is 29.2 Å². The summed E-state index contributed by atoms with van der Waals surface area (Å²) < 4.78 is 74.5. The van der Waals surface area contributed by atoms with Gasteiger partial charge in [-0.15, -0.1) is 11.6 Å². The van der Waals surface area contributed by atoms with Gasteiger partial charge in [-0.2, -0.15) is 16.8 Å². The van der Waals surface area contributed by atoms with E-state index in [-0.39, 0.29) is 24.2 Å². The maximum absolute atomic E-state index is 11.6. The summed E-state index contributed by atoms with van der Waals surface area (Å²) in [6.45, 7) is 7.04. The normalized spacial score (nSPS) is 44.8. The summed E-state index contributed by atoms with van der Waals surface area (Å²) in [6.07, 6.45) is 7.01. The van der Waals surface area contributed by atoms with E-state index in [1.165, 1.54) is 12.8 Å². The molecule has 4 aliphatic rings. The van der Waals surface area contributed by atoms with Crippen molar-refractivity contribution in [1.29, 1.82) is 0 Å². The van der Waals surface area contributed by atoms with Crippen molar-refractivity contribution in [3.8, 4) is 0 Å². The third-order valence-corrected chi connectivity index (χ3v) is 11.9. The predicted molar refractivity (Wildman–Crippen MR) is 133 cm³/mol. The van der Waals surface area contributed by atoms with Crippen molar-refractivity contribution in [2.24, 2.45) is 46.3 Å². The molecule has 4 fully saturated rings. The van der Waals surface area contributed by atoms with Crippen LogP contribution < -0.4 is 0 Å². The fourth-order valence-electron chi connectivity index (χ4n) is 9.32. The molecule has 0 heterocycles. The van der Waals surface area contributed by atoms with Crippen LogP contribution in [0.15, 0.2) is 0 Å². The molecule has 0 amide bonds. The van der Waals surface area contributed by atoms with Crippen molar-refractivity contribution in [3.63, 3.8) is 0 Å². The molecule has 0 radical (unpaired) electrons. The molecule has 0 aromatic rings. The van der Waals surface area contributed by atoms with E-state index < -0.39 is 33.0 Å². The summed E-state index contributed by atoms with van der Waals surface area (Å²) in [5, 5.41) is 0. The molecule has 4 rings (SSSR count). The quantitative estimate of drug-likeness (QED) is 0.305. The highest BCUT2D eigenvalue weighted by Crippen LogP contribution is 2.68. The molecule has 204 valence electrons. The van der Waals surface area contributed by atoms with Gasteiger partial charge < -0.3 is 0 Å². The largest absolute Gasteiger partial charge is 0.397 e. The van der Waals surface area contributed by atoms with E-state index in [2.05, 4.69) is 20.8 Å². The lowest BCUT2D eigenvalue weighted by atomic mass is 9.44. The van der Waals surface area contributed by atoms with Crippen molar-refractivity contribution in [2.75, 3.05) is 5.88 Å².